The van der Waals surface area contributed by atoms with E-state index < -0.39 is 6.10 Å². The molecule has 2 aromatic carbocycles. The molecule has 0 fully saturated rings. The van der Waals surface area contributed by atoms with Crippen LogP contribution in [0.15, 0.2) is 54.6 Å². The summed E-state index contributed by atoms with van der Waals surface area (Å²) in [6, 6.07) is 17.6. The van der Waals surface area contributed by atoms with Crippen molar-refractivity contribution < 1.29 is 9.90 Å². The Balaban J connectivity index is 1.54. The van der Waals surface area contributed by atoms with Gasteiger partial charge in [-0.25, -0.2) is 0 Å². The van der Waals surface area contributed by atoms with Crippen molar-refractivity contribution in [3.63, 3.8) is 0 Å². The maximum Gasteiger partial charge on any atom is 0.223 e. The van der Waals surface area contributed by atoms with Crippen molar-refractivity contribution in [2.24, 2.45) is 5.92 Å². The normalized spacial score (nSPS) is 15.5. The third-order valence-electron chi connectivity index (χ3n) is 4.08. The van der Waals surface area contributed by atoms with Crippen LogP contribution >= 0.6 is 0 Å². The molecule has 2 N–H and O–H groups in total. The number of hydrogen-bond acceptors (Lipinski definition) is 2. The average Bonchev–Trinajstić information content (AvgIpc) is 2.97. The standard InChI is InChI=1S/C18H19NO2/c20-17(13-6-2-1-3-7-13)12-19-18(21)16-10-14-8-4-5-9-15(14)11-16/h1-9,16-17,20H,10-12H2,(H,19,21). The van der Waals surface area contributed by atoms with Gasteiger partial charge in [0, 0.05) is 12.5 Å². The fourth-order valence-electron chi connectivity index (χ4n) is 2.88. The molecule has 1 unspecified atom stereocenters. The van der Waals surface area contributed by atoms with Crippen LogP contribution in [0.5, 0.6) is 0 Å². The van der Waals surface area contributed by atoms with Crippen molar-refractivity contribution in [3.8, 4) is 0 Å². The van der Waals surface area contributed by atoms with Crippen LogP contribution in [0.25, 0.3) is 0 Å². The number of aliphatic hydroxyl groups excluding tert-OH is 1. The second-order valence-corrected chi connectivity index (χ2v) is 5.55. The van der Waals surface area contributed by atoms with Gasteiger partial charge in [-0.3, -0.25) is 4.79 Å². The number of hydrogen-bond donors (Lipinski definition) is 2. The fourth-order valence-corrected chi connectivity index (χ4v) is 2.88. The predicted octanol–water partition coefficient (Wildman–Crippen LogP) is 2.25. The molecule has 0 spiro atoms. The first-order valence-corrected chi connectivity index (χ1v) is 7.31. The zero-order chi connectivity index (χ0) is 14.7. The van der Waals surface area contributed by atoms with E-state index in [1.54, 1.807) is 0 Å². The maximum absolute atomic E-state index is 12.2. The van der Waals surface area contributed by atoms with Gasteiger partial charge in [0.25, 0.3) is 0 Å². The lowest BCUT2D eigenvalue weighted by Crippen LogP contribution is -2.34. The Hall–Kier alpha value is -2.13. The van der Waals surface area contributed by atoms with E-state index in [0.717, 1.165) is 18.4 Å². The minimum absolute atomic E-state index is 0.00891. The summed E-state index contributed by atoms with van der Waals surface area (Å²) in [7, 11) is 0. The lowest BCUT2D eigenvalue weighted by Gasteiger charge is -2.14. The molecule has 1 aliphatic carbocycles. The Bertz CT molecular complexity index is 599. The summed E-state index contributed by atoms with van der Waals surface area (Å²) in [5, 5.41) is 12.9. The van der Waals surface area contributed by atoms with Gasteiger partial charge in [-0.2, -0.15) is 0 Å². The molecule has 3 nitrogen and oxygen atoms in total. The van der Waals surface area contributed by atoms with Crippen LogP contribution in [0.4, 0.5) is 0 Å². The first-order valence-electron chi connectivity index (χ1n) is 7.31. The molecule has 0 saturated heterocycles. The first-order chi connectivity index (χ1) is 10.2. The van der Waals surface area contributed by atoms with Crippen LogP contribution in [-0.4, -0.2) is 17.6 Å². The molecule has 3 heteroatoms. The van der Waals surface area contributed by atoms with Gasteiger partial charge < -0.3 is 10.4 Å². The molecule has 0 heterocycles. The maximum atomic E-state index is 12.2. The third kappa shape index (κ3) is 3.14. The molecule has 1 amide bonds. The number of nitrogens with one attached hydrogen (secondary N) is 1. The Morgan fingerprint density at radius 1 is 1.05 bits per heavy atom. The van der Waals surface area contributed by atoms with Crippen molar-refractivity contribution >= 4 is 5.91 Å². The van der Waals surface area contributed by atoms with Gasteiger partial charge in [0.15, 0.2) is 0 Å². The number of carbonyl (C=O) groups excluding carboxylic acids is 1. The van der Waals surface area contributed by atoms with Crippen LogP contribution in [0.1, 0.15) is 22.8 Å². The van der Waals surface area contributed by atoms with Crippen molar-refractivity contribution in [2.45, 2.75) is 18.9 Å². The number of amides is 1. The predicted molar refractivity (Wildman–Crippen MR) is 81.8 cm³/mol. The van der Waals surface area contributed by atoms with Gasteiger partial charge in [0.05, 0.1) is 6.10 Å². The molecule has 0 aliphatic heterocycles. The molecule has 0 bridgehead atoms. The lowest BCUT2D eigenvalue weighted by molar-refractivity contribution is -0.125. The van der Waals surface area contributed by atoms with E-state index in [0.29, 0.717) is 0 Å². The average molecular weight is 281 g/mol. The van der Waals surface area contributed by atoms with Gasteiger partial charge in [-0.1, -0.05) is 54.6 Å². The number of benzene rings is 2. The molecule has 2 aromatic rings. The summed E-state index contributed by atoms with van der Waals surface area (Å²) in [6.45, 7) is 0.260. The van der Waals surface area contributed by atoms with E-state index >= 15 is 0 Å². The summed E-state index contributed by atoms with van der Waals surface area (Å²) in [5.74, 6) is 0.0200. The van der Waals surface area contributed by atoms with Crippen molar-refractivity contribution in [1.82, 2.24) is 5.32 Å². The Morgan fingerprint density at radius 2 is 1.62 bits per heavy atom. The van der Waals surface area contributed by atoms with Gasteiger partial charge in [-0.05, 0) is 29.5 Å². The number of fused-ring (bicyclic) bond motifs is 1. The quantitative estimate of drug-likeness (QED) is 0.903. The molecular weight excluding hydrogens is 262 g/mol. The van der Waals surface area contributed by atoms with E-state index in [1.807, 2.05) is 42.5 Å². The van der Waals surface area contributed by atoms with Gasteiger partial charge in [0.1, 0.15) is 0 Å². The lowest BCUT2D eigenvalue weighted by atomic mass is 10.0. The summed E-state index contributed by atoms with van der Waals surface area (Å²) >= 11 is 0. The van der Waals surface area contributed by atoms with E-state index in [1.165, 1.54) is 11.1 Å². The summed E-state index contributed by atoms with van der Waals surface area (Å²) in [6.07, 6.45) is 0.936. The highest BCUT2D eigenvalue weighted by Gasteiger charge is 2.27. The molecule has 3 rings (SSSR count). The molecule has 1 atom stereocenters. The third-order valence-corrected chi connectivity index (χ3v) is 4.08. The smallest absolute Gasteiger partial charge is 0.223 e. The van der Waals surface area contributed by atoms with E-state index in [4.69, 9.17) is 0 Å². The summed E-state index contributed by atoms with van der Waals surface area (Å²) in [5.41, 5.74) is 3.36. The van der Waals surface area contributed by atoms with Crippen molar-refractivity contribution in [1.29, 1.82) is 0 Å². The highest BCUT2D eigenvalue weighted by Crippen LogP contribution is 2.26. The number of carbonyl (C=O) groups is 1. The summed E-state index contributed by atoms with van der Waals surface area (Å²) < 4.78 is 0. The Labute approximate surface area is 124 Å². The molecule has 108 valence electrons. The van der Waals surface area contributed by atoms with Crippen LogP contribution in [-0.2, 0) is 17.6 Å². The van der Waals surface area contributed by atoms with Gasteiger partial charge >= 0.3 is 0 Å². The van der Waals surface area contributed by atoms with Crippen LogP contribution in [0.3, 0.4) is 0 Å². The van der Waals surface area contributed by atoms with Gasteiger partial charge in [0.2, 0.25) is 5.91 Å². The zero-order valence-corrected chi connectivity index (χ0v) is 11.8. The van der Waals surface area contributed by atoms with E-state index in [2.05, 4.69) is 17.4 Å². The zero-order valence-electron chi connectivity index (χ0n) is 11.8. The summed E-state index contributed by atoms with van der Waals surface area (Å²) in [4.78, 5) is 12.2. The minimum Gasteiger partial charge on any atom is -0.387 e. The van der Waals surface area contributed by atoms with Crippen molar-refractivity contribution in [2.75, 3.05) is 6.54 Å². The second kappa shape index (κ2) is 6.10. The SMILES string of the molecule is O=C(NCC(O)c1ccccc1)C1Cc2ccccc2C1. The Morgan fingerprint density at radius 3 is 2.24 bits per heavy atom. The molecule has 0 aromatic heterocycles. The number of rotatable bonds is 4. The largest absolute Gasteiger partial charge is 0.387 e. The topological polar surface area (TPSA) is 49.3 Å². The number of aliphatic hydroxyl groups is 1. The van der Waals surface area contributed by atoms with Crippen LogP contribution in [0, 0.1) is 5.92 Å². The molecule has 21 heavy (non-hydrogen) atoms. The van der Waals surface area contributed by atoms with Crippen LogP contribution < -0.4 is 5.32 Å². The van der Waals surface area contributed by atoms with E-state index in [-0.39, 0.29) is 18.4 Å². The molecule has 1 aliphatic rings. The monoisotopic (exact) mass is 281 g/mol. The molecular formula is C18H19NO2. The van der Waals surface area contributed by atoms with Gasteiger partial charge in [-0.15, -0.1) is 0 Å². The minimum atomic E-state index is -0.654. The van der Waals surface area contributed by atoms with E-state index in [9.17, 15) is 9.90 Å². The Kier molecular flexibility index (Phi) is 4.02. The highest BCUT2D eigenvalue weighted by molar-refractivity contribution is 5.80. The highest BCUT2D eigenvalue weighted by atomic mass is 16.3. The molecule has 0 saturated carbocycles. The first kappa shape index (κ1) is 13.8. The van der Waals surface area contributed by atoms with Crippen molar-refractivity contribution in [3.05, 3.63) is 71.3 Å². The molecule has 0 radical (unpaired) electrons. The second-order valence-electron chi connectivity index (χ2n) is 5.55. The van der Waals surface area contributed by atoms with Crippen LogP contribution in [0.2, 0.25) is 0 Å². The fraction of sp³-hybridized carbons (Fsp3) is 0.278.